The summed E-state index contributed by atoms with van der Waals surface area (Å²) in [5.74, 6) is -1.38. The summed E-state index contributed by atoms with van der Waals surface area (Å²) in [5.41, 5.74) is 2.00. The summed E-state index contributed by atoms with van der Waals surface area (Å²) in [6.07, 6.45) is 2.10. The van der Waals surface area contributed by atoms with Crippen molar-refractivity contribution in [3.05, 3.63) is 34.6 Å². The number of amides is 3. The highest BCUT2D eigenvalue weighted by Gasteiger charge is 2.40. The zero-order valence-electron chi connectivity index (χ0n) is 13.7. The van der Waals surface area contributed by atoms with E-state index >= 15 is 0 Å². The minimum atomic E-state index is -0.678. The molecule has 3 aliphatic rings. The van der Waals surface area contributed by atoms with Crippen LogP contribution in [0.25, 0.3) is 0 Å². The lowest BCUT2D eigenvalue weighted by Crippen LogP contribution is -2.52. The van der Waals surface area contributed by atoms with Crippen molar-refractivity contribution in [2.24, 2.45) is 0 Å². The van der Waals surface area contributed by atoms with Gasteiger partial charge in [-0.2, -0.15) is 0 Å². The molecule has 3 heterocycles. The van der Waals surface area contributed by atoms with Crippen LogP contribution in [0.2, 0.25) is 0 Å². The summed E-state index contributed by atoms with van der Waals surface area (Å²) in [4.78, 5) is 37.7. The van der Waals surface area contributed by atoms with Gasteiger partial charge in [0.25, 0.3) is 5.91 Å². The maximum atomic E-state index is 14.1. The number of carbonyl (C=O) groups is 3. The van der Waals surface area contributed by atoms with Crippen LogP contribution in [0.1, 0.15) is 53.1 Å². The van der Waals surface area contributed by atoms with Gasteiger partial charge in [0.1, 0.15) is 11.9 Å². The van der Waals surface area contributed by atoms with Crippen molar-refractivity contribution in [3.8, 4) is 0 Å². The van der Waals surface area contributed by atoms with Crippen LogP contribution < -0.4 is 5.32 Å². The highest BCUT2D eigenvalue weighted by molar-refractivity contribution is 6.05. The first-order valence-electron chi connectivity index (χ1n) is 8.59. The molecule has 0 radical (unpaired) electrons. The largest absolute Gasteiger partial charge is 0.381 e. The fraction of sp³-hybridized carbons (Fsp3) is 0.500. The van der Waals surface area contributed by atoms with Gasteiger partial charge in [-0.25, -0.2) is 4.39 Å². The molecule has 1 unspecified atom stereocenters. The quantitative estimate of drug-likeness (QED) is 0.823. The van der Waals surface area contributed by atoms with Crippen molar-refractivity contribution in [1.29, 1.82) is 0 Å². The third-order valence-corrected chi connectivity index (χ3v) is 5.32. The van der Waals surface area contributed by atoms with Gasteiger partial charge in [-0.1, -0.05) is 0 Å². The van der Waals surface area contributed by atoms with Crippen LogP contribution >= 0.6 is 0 Å². The van der Waals surface area contributed by atoms with E-state index in [9.17, 15) is 18.8 Å². The number of imide groups is 1. The standard InChI is InChI=1S/C18H19FN2O4/c19-11-7-12(10-3-5-25-6-4-10)14-9-21(18(24)13(14)8-11)15-1-2-16(22)20-17(15)23/h7-8,10,15H,1-6,9H2,(H,20,22,23). The monoisotopic (exact) mass is 346 g/mol. The molecule has 7 heteroatoms. The van der Waals surface area contributed by atoms with Crippen LogP contribution in [0.15, 0.2) is 12.1 Å². The summed E-state index contributed by atoms with van der Waals surface area (Å²) >= 11 is 0. The third kappa shape index (κ3) is 2.82. The molecule has 3 amide bonds. The van der Waals surface area contributed by atoms with E-state index in [1.54, 1.807) is 0 Å². The molecule has 0 bridgehead atoms. The van der Waals surface area contributed by atoms with Crippen molar-refractivity contribution in [1.82, 2.24) is 10.2 Å². The SMILES string of the molecule is O=C1CCC(N2Cc3c(cc(F)cc3C3CCOCC3)C2=O)C(=O)N1. The van der Waals surface area contributed by atoms with E-state index in [1.807, 2.05) is 0 Å². The highest BCUT2D eigenvalue weighted by atomic mass is 19.1. The summed E-state index contributed by atoms with van der Waals surface area (Å²) in [7, 11) is 0. The Bertz CT molecular complexity index is 758. The summed E-state index contributed by atoms with van der Waals surface area (Å²) in [6, 6.07) is 2.09. The Morgan fingerprint density at radius 2 is 1.88 bits per heavy atom. The molecular weight excluding hydrogens is 327 g/mol. The third-order valence-electron chi connectivity index (χ3n) is 5.32. The van der Waals surface area contributed by atoms with Crippen LogP contribution in [-0.2, 0) is 20.9 Å². The smallest absolute Gasteiger partial charge is 0.255 e. The molecule has 25 heavy (non-hydrogen) atoms. The number of nitrogens with one attached hydrogen (secondary N) is 1. The molecule has 0 spiro atoms. The average Bonchev–Trinajstić information content (AvgIpc) is 2.92. The molecule has 132 valence electrons. The number of carbonyl (C=O) groups excluding carboxylic acids is 3. The molecule has 1 aromatic carbocycles. The Balaban J connectivity index is 1.66. The number of fused-ring (bicyclic) bond motifs is 1. The van der Waals surface area contributed by atoms with Crippen LogP contribution in [0.4, 0.5) is 4.39 Å². The van der Waals surface area contributed by atoms with E-state index in [-0.39, 0.29) is 30.7 Å². The van der Waals surface area contributed by atoms with Gasteiger partial charge in [0.05, 0.1) is 0 Å². The van der Waals surface area contributed by atoms with Crippen LogP contribution in [0.5, 0.6) is 0 Å². The van der Waals surface area contributed by atoms with Crippen molar-refractivity contribution >= 4 is 17.7 Å². The molecule has 1 atom stereocenters. The maximum absolute atomic E-state index is 14.1. The molecular formula is C18H19FN2O4. The van der Waals surface area contributed by atoms with Crippen molar-refractivity contribution in [3.63, 3.8) is 0 Å². The van der Waals surface area contributed by atoms with Gasteiger partial charge >= 0.3 is 0 Å². The van der Waals surface area contributed by atoms with E-state index in [4.69, 9.17) is 4.74 Å². The lowest BCUT2D eigenvalue weighted by Gasteiger charge is -2.29. The first-order chi connectivity index (χ1) is 12.0. The fourth-order valence-electron chi connectivity index (χ4n) is 4.03. The molecule has 3 aliphatic heterocycles. The highest BCUT2D eigenvalue weighted by Crippen LogP contribution is 2.37. The minimum Gasteiger partial charge on any atom is -0.381 e. The average molecular weight is 346 g/mol. The van der Waals surface area contributed by atoms with Crippen molar-refractivity contribution in [2.45, 2.75) is 44.2 Å². The number of ether oxygens (including phenoxy) is 1. The summed E-state index contributed by atoms with van der Waals surface area (Å²) in [6.45, 7) is 1.54. The van der Waals surface area contributed by atoms with E-state index in [2.05, 4.69) is 5.32 Å². The molecule has 6 nitrogen and oxygen atoms in total. The number of hydrogen-bond donors (Lipinski definition) is 1. The lowest BCUT2D eigenvalue weighted by atomic mass is 9.87. The molecule has 2 fully saturated rings. The molecule has 0 saturated carbocycles. The van der Waals surface area contributed by atoms with Gasteiger partial charge in [0.15, 0.2) is 0 Å². The zero-order chi connectivity index (χ0) is 17.6. The van der Waals surface area contributed by atoms with Gasteiger partial charge in [0.2, 0.25) is 11.8 Å². The minimum absolute atomic E-state index is 0.160. The van der Waals surface area contributed by atoms with Gasteiger partial charge < -0.3 is 9.64 Å². The predicted octanol–water partition coefficient (Wildman–Crippen LogP) is 1.48. The van der Waals surface area contributed by atoms with Crippen molar-refractivity contribution in [2.75, 3.05) is 13.2 Å². The molecule has 4 rings (SSSR count). The summed E-state index contributed by atoms with van der Waals surface area (Å²) < 4.78 is 19.5. The second-order valence-corrected chi connectivity index (χ2v) is 6.81. The van der Waals surface area contributed by atoms with Gasteiger partial charge in [-0.05, 0) is 48.4 Å². The Kier molecular flexibility index (Phi) is 4.03. The van der Waals surface area contributed by atoms with Crippen molar-refractivity contribution < 1.29 is 23.5 Å². The number of piperidine rings is 1. The van der Waals surface area contributed by atoms with E-state index in [1.165, 1.54) is 17.0 Å². The summed E-state index contributed by atoms with van der Waals surface area (Å²) in [5, 5.41) is 2.28. The van der Waals surface area contributed by atoms with Gasteiger partial charge in [-0.15, -0.1) is 0 Å². The molecule has 0 aliphatic carbocycles. The van der Waals surface area contributed by atoms with Crippen LogP contribution in [-0.4, -0.2) is 41.9 Å². The second-order valence-electron chi connectivity index (χ2n) is 6.81. The Morgan fingerprint density at radius 1 is 1.12 bits per heavy atom. The lowest BCUT2D eigenvalue weighted by molar-refractivity contribution is -0.136. The van der Waals surface area contributed by atoms with E-state index < -0.39 is 17.8 Å². The van der Waals surface area contributed by atoms with E-state index in [0.717, 1.165) is 24.0 Å². The predicted molar refractivity (Wildman–Crippen MR) is 85.2 cm³/mol. The molecule has 0 aromatic heterocycles. The normalized spacial score (nSPS) is 24.4. The molecule has 1 aromatic rings. The Labute approximate surface area is 144 Å². The first kappa shape index (κ1) is 16.2. The molecule has 2 saturated heterocycles. The maximum Gasteiger partial charge on any atom is 0.255 e. The number of benzene rings is 1. The second kappa shape index (κ2) is 6.22. The fourth-order valence-corrected chi connectivity index (χ4v) is 4.03. The Morgan fingerprint density at radius 3 is 2.60 bits per heavy atom. The topological polar surface area (TPSA) is 75.7 Å². The molecule has 1 N–H and O–H groups in total. The number of rotatable bonds is 2. The number of halogens is 1. The number of nitrogens with zero attached hydrogens (tertiary/aromatic N) is 1. The van der Waals surface area contributed by atoms with Gasteiger partial charge in [0, 0.05) is 31.7 Å². The number of hydrogen-bond acceptors (Lipinski definition) is 4. The first-order valence-corrected chi connectivity index (χ1v) is 8.59. The van der Waals surface area contributed by atoms with Crippen LogP contribution in [0, 0.1) is 5.82 Å². The van der Waals surface area contributed by atoms with Crippen LogP contribution in [0.3, 0.4) is 0 Å². The zero-order valence-corrected chi connectivity index (χ0v) is 13.7. The Hall–Kier alpha value is -2.28. The van der Waals surface area contributed by atoms with Gasteiger partial charge in [-0.3, -0.25) is 19.7 Å². The van der Waals surface area contributed by atoms with E-state index in [0.29, 0.717) is 25.2 Å².